The fourth-order valence-corrected chi connectivity index (χ4v) is 17.4. The van der Waals surface area contributed by atoms with Gasteiger partial charge in [-0.05, 0) is 220 Å². The molecular weight excluding hydrogens is 1580 g/mol. The van der Waals surface area contributed by atoms with Crippen LogP contribution in [0.25, 0.3) is 0 Å². The number of aliphatic hydroxyl groups excluding tert-OH is 10. The van der Waals surface area contributed by atoms with E-state index < -0.39 is 90.4 Å². The van der Waals surface area contributed by atoms with Crippen molar-refractivity contribution in [2.75, 3.05) is 33.0 Å². The van der Waals surface area contributed by atoms with Gasteiger partial charge in [0.25, 0.3) is 0 Å². The van der Waals surface area contributed by atoms with Gasteiger partial charge in [0.05, 0.1) is 67.1 Å². The van der Waals surface area contributed by atoms with Gasteiger partial charge in [0.2, 0.25) is 5.91 Å². The smallest absolute Gasteiger partial charge is 0.306 e. The first-order valence-corrected chi connectivity index (χ1v) is 44.6. The summed E-state index contributed by atoms with van der Waals surface area (Å²) >= 11 is 0. The number of benzene rings is 4. The quantitative estimate of drug-likeness (QED) is 0.0111. The van der Waals surface area contributed by atoms with Crippen molar-refractivity contribution >= 4 is 23.8 Å². The van der Waals surface area contributed by atoms with E-state index in [2.05, 4.69) is 5.32 Å². The third-order valence-corrected chi connectivity index (χ3v) is 24.1. The lowest BCUT2D eigenvalue weighted by Crippen LogP contribution is -2.22. The van der Waals surface area contributed by atoms with Gasteiger partial charge in [-0.15, -0.1) is 0 Å². The Hall–Kier alpha value is -7.89. The number of fused-ring (bicyclic) bond motifs is 2. The van der Waals surface area contributed by atoms with Gasteiger partial charge in [-0.2, -0.15) is 0 Å². The number of halogens is 3. The molecule has 6 aliphatic rings. The zero-order valence-electron chi connectivity index (χ0n) is 72.0. The number of carbonyl (C=O) groups excluding carboxylic acids is 2. The zero-order valence-corrected chi connectivity index (χ0v) is 72.0. The molecule has 2 heterocycles. The highest BCUT2D eigenvalue weighted by molar-refractivity contribution is 5.75. The number of amides is 1. The van der Waals surface area contributed by atoms with Gasteiger partial charge in [0.1, 0.15) is 31.2 Å². The number of carboxylic acids is 2. The standard InChI is InChI=1S/C27H39FO6.C25H37NO4.C23H30F2O6.C23H32O5/c1-17(2)34-27(31)6-4-5-19-8-10-22-21(24(30)14-25(22)32-15-19)11-9-20(29)16-33-26-13-18(3)7-12-23(26)28;1-2-26-25(30)13-9-4-3-8-12-21-22(24(29)18-23(21)28)17-16-20(27)15-14-19-10-6-5-7-11-19;24-15-5-9-19(25)22(10-15)31-13-16(26)6-8-17-18-7-4-14(2-1-3-23(28)29)12-30-21(18)11-20(17)27;24-18(13-12-17-8-4-3-5-9-17)14-15-20-19(21(25)16-22(20)26)10-6-1-2-7-11-23(27)28/h7,9,11-13,17,19-22,24-25,29-30H,4-6,8,10,14-16H2,1-3H3;3,5-8,10-11,16-17,20-24,27-29H,2,4,9,12-15,18H2,1H3,(H,26,30);5-6,8-10,14,16-18,20-21,26-27H,1-4,7,11-13H2,(H,28,29);1,3-6,8-9,14-15,18-22,24-26H,2,7,10-13,16H2,(H,27,28)/b11-9+;8-3-,17-16+;8-6+;6-1-,15-14+/t19-,20+,21+,22+,24+,25-;20-,21+,22+,23-,24+;14-,16+,17+,18+,20+,21-;18-,19+,20+,21-,22+/m0000/s1. The molecule has 4 aromatic rings. The predicted molar refractivity (Wildman–Crippen MR) is 464 cm³/mol. The van der Waals surface area contributed by atoms with Crippen LogP contribution in [0.15, 0.2) is 170 Å². The molecule has 0 spiro atoms. The first-order chi connectivity index (χ1) is 59.0. The van der Waals surface area contributed by atoms with Crippen molar-refractivity contribution in [1.29, 1.82) is 0 Å². The molecule has 2 saturated heterocycles. The second-order valence-corrected chi connectivity index (χ2v) is 34.2. The lowest BCUT2D eigenvalue weighted by molar-refractivity contribution is -0.147. The third kappa shape index (κ3) is 37.7. The summed E-state index contributed by atoms with van der Waals surface area (Å²) in [5.41, 5.74) is 3.25. The molecule has 0 bridgehead atoms. The van der Waals surface area contributed by atoms with Crippen LogP contribution < -0.4 is 14.8 Å². The van der Waals surface area contributed by atoms with E-state index in [0.717, 1.165) is 94.4 Å². The van der Waals surface area contributed by atoms with E-state index in [1.165, 1.54) is 23.3 Å². The van der Waals surface area contributed by atoms with Crippen molar-refractivity contribution < 1.29 is 117 Å². The molecule has 6 fully saturated rings. The lowest BCUT2D eigenvalue weighted by atomic mass is 9.86. The van der Waals surface area contributed by atoms with Gasteiger partial charge >= 0.3 is 17.9 Å². The van der Waals surface area contributed by atoms with Crippen LogP contribution in [0.1, 0.15) is 192 Å². The number of aryl methyl sites for hydroxylation is 3. The number of unbranched alkanes of at least 4 members (excludes halogenated alkanes) is 2. The Morgan fingerprint density at radius 2 is 0.919 bits per heavy atom. The van der Waals surface area contributed by atoms with E-state index in [0.29, 0.717) is 115 Å². The monoisotopic (exact) mass is 1720 g/mol. The van der Waals surface area contributed by atoms with Gasteiger partial charge in [-0.1, -0.05) is 140 Å². The summed E-state index contributed by atoms with van der Waals surface area (Å²) in [6.07, 6.45) is 32.2. The van der Waals surface area contributed by atoms with Crippen LogP contribution in [0.5, 0.6) is 11.5 Å². The number of ether oxygens (including phenoxy) is 5. The molecule has 4 aromatic carbocycles. The molecule has 25 heteroatoms. The van der Waals surface area contributed by atoms with Crippen LogP contribution in [0.4, 0.5) is 13.2 Å². The molecule has 682 valence electrons. The van der Waals surface area contributed by atoms with Crippen LogP contribution >= 0.6 is 0 Å². The van der Waals surface area contributed by atoms with Crippen molar-refractivity contribution in [3.05, 3.63) is 204 Å². The number of aliphatic hydroxyl groups is 10. The Morgan fingerprint density at radius 1 is 0.496 bits per heavy atom. The molecule has 22 atom stereocenters. The molecule has 0 aromatic heterocycles. The van der Waals surface area contributed by atoms with E-state index >= 15 is 0 Å². The van der Waals surface area contributed by atoms with E-state index in [9.17, 15) is 83.4 Å². The van der Waals surface area contributed by atoms with Gasteiger partial charge in [0.15, 0.2) is 23.1 Å². The fourth-order valence-electron chi connectivity index (χ4n) is 17.4. The van der Waals surface area contributed by atoms with E-state index in [-0.39, 0.29) is 115 Å². The number of hydrogen-bond donors (Lipinski definition) is 13. The minimum Gasteiger partial charge on any atom is -0.487 e. The predicted octanol–water partition coefficient (Wildman–Crippen LogP) is 13.9. The maximum Gasteiger partial charge on any atom is 0.306 e. The highest BCUT2D eigenvalue weighted by atomic mass is 19.1. The maximum atomic E-state index is 13.8. The van der Waals surface area contributed by atoms with E-state index in [4.69, 9.17) is 33.9 Å². The molecule has 22 nitrogen and oxygen atoms in total. The summed E-state index contributed by atoms with van der Waals surface area (Å²) in [4.78, 5) is 44.4. The normalized spacial score (nSPS) is 27.3. The van der Waals surface area contributed by atoms with E-state index in [1.807, 2.05) is 131 Å². The van der Waals surface area contributed by atoms with Crippen molar-refractivity contribution in [2.45, 2.75) is 274 Å². The number of hydrogen-bond acceptors (Lipinski definition) is 19. The summed E-state index contributed by atoms with van der Waals surface area (Å²) in [5.74, 6) is -3.37. The molecule has 4 saturated carbocycles. The summed E-state index contributed by atoms with van der Waals surface area (Å²) in [7, 11) is 0. The van der Waals surface area contributed by atoms with Crippen LogP contribution in [-0.4, -0.2) is 197 Å². The minimum atomic E-state index is -1.04. The molecule has 10 rings (SSSR count). The molecule has 0 radical (unpaired) electrons. The average Bonchev–Trinajstić information content (AvgIpc) is 1.70. The number of allylic oxidation sites excluding steroid dienone is 4. The molecule has 1 amide bonds. The SMILES string of the molecule is CCNC(=O)CCC/C=C\C[C@@H]1[C@@H](/C=C/[C@@H](O)CCc2ccccc2)[C@H](O)C[C@@H]1O.Cc1ccc(F)c(OC[C@H](O)/C=C/[C@@H]2[C@H]3CC[C@H](CCCC(=O)OC(C)C)CO[C@H]3C[C@H]2O)c1.O=C(O)CCC/C=C\C[C@@H]1[C@@H](/C=C/[C@@H](O)CCc2ccccc2)[C@H](O)C[C@@H]1O.O=C(O)CCC[C@H]1CC[C@@H]2[C@@H](/C=C/[C@@H](O)COc3cc(F)ccc3F)[C@H](O)C[C@@H]2OC1. The molecular formula is C98H138F3NO21. The fraction of sp³-hybridized carbons (Fsp3) is 0.592. The zero-order chi connectivity index (χ0) is 89.2. The minimum absolute atomic E-state index is 0.00432. The summed E-state index contributed by atoms with van der Waals surface area (Å²) in [5, 5.41) is 123. The number of aliphatic carboxylic acids is 2. The van der Waals surface area contributed by atoms with Crippen molar-refractivity contribution in [1.82, 2.24) is 5.32 Å². The Balaban J connectivity index is 0.000000226. The van der Waals surface area contributed by atoms with Crippen LogP contribution in [0.2, 0.25) is 0 Å². The summed E-state index contributed by atoms with van der Waals surface area (Å²) in [6.45, 7) is 9.03. The van der Waals surface area contributed by atoms with Gasteiger partial charge in [-0.25, -0.2) is 13.2 Å². The van der Waals surface area contributed by atoms with Gasteiger partial charge < -0.3 is 90.3 Å². The van der Waals surface area contributed by atoms with Crippen LogP contribution in [0, 0.1) is 83.6 Å². The third-order valence-electron chi connectivity index (χ3n) is 24.1. The number of nitrogens with one attached hydrogen (secondary N) is 1. The largest absolute Gasteiger partial charge is 0.487 e. The van der Waals surface area contributed by atoms with Crippen LogP contribution in [0.3, 0.4) is 0 Å². The molecule has 2 aliphatic heterocycles. The maximum absolute atomic E-state index is 13.8. The lowest BCUT2D eigenvalue weighted by Gasteiger charge is -2.21. The van der Waals surface area contributed by atoms with Crippen molar-refractivity contribution in [2.24, 2.45) is 59.2 Å². The van der Waals surface area contributed by atoms with E-state index in [1.54, 1.807) is 36.4 Å². The molecule has 123 heavy (non-hydrogen) atoms. The Morgan fingerprint density at radius 3 is 1.38 bits per heavy atom. The first kappa shape index (κ1) is 102. The average molecular weight is 1720 g/mol. The second kappa shape index (κ2) is 55.6. The Kier molecular flexibility index (Phi) is 46.2. The van der Waals surface area contributed by atoms with Gasteiger partial charge in [-0.3, -0.25) is 19.2 Å². The number of carboxylic acid groups (broad SMARTS) is 2. The molecule has 4 aliphatic carbocycles. The highest BCUT2D eigenvalue weighted by Gasteiger charge is 2.46. The van der Waals surface area contributed by atoms with Crippen molar-refractivity contribution in [3.8, 4) is 11.5 Å². The summed E-state index contributed by atoms with van der Waals surface area (Å²) < 4.78 is 68.6. The second-order valence-electron chi connectivity index (χ2n) is 34.2. The van der Waals surface area contributed by atoms with Gasteiger partial charge in [0, 0.05) is 101 Å². The van der Waals surface area contributed by atoms with Crippen LogP contribution in [-0.2, 0) is 46.2 Å². The van der Waals surface area contributed by atoms with Crippen molar-refractivity contribution in [3.63, 3.8) is 0 Å². The number of rotatable bonds is 42. The Bertz CT molecular complexity index is 3900. The topological polar surface area (TPSA) is 369 Å². The highest BCUT2D eigenvalue weighted by Crippen LogP contribution is 2.45. The molecule has 0 unspecified atom stereocenters. The number of esters is 1. The first-order valence-electron chi connectivity index (χ1n) is 44.6. The summed E-state index contributed by atoms with van der Waals surface area (Å²) in [6, 6.07) is 27.5. The molecule has 13 N–H and O–H groups in total. The number of carbonyl (C=O) groups is 4. The Labute approximate surface area is 724 Å².